The summed E-state index contributed by atoms with van der Waals surface area (Å²) in [5, 5.41) is 0. The van der Waals surface area contributed by atoms with Crippen LogP contribution in [0, 0.1) is 0 Å². The van der Waals surface area contributed by atoms with E-state index in [0.29, 0.717) is 4.47 Å². The van der Waals surface area contributed by atoms with Crippen molar-refractivity contribution in [1.29, 1.82) is 0 Å². The number of nitrogens with one attached hydrogen (secondary N) is 1. The van der Waals surface area contributed by atoms with Crippen LogP contribution in [0.5, 0.6) is 0 Å². The molecule has 1 aliphatic heterocycles. The molecule has 1 aliphatic rings. The fraction of sp³-hybridized carbons (Fsp3) is 0.538. The van der Waals surface area contributed by atoms with Gasteiger partial charge in [-0.15, -0.1) is 0 Å². The summed E-state index contributed by atoms with van der Waals surface area (Å²) in [6.45, 7) is 7.70. The van der Waals surface area contributed by atoms with Gasteiger partial charge in [-0.1, -0.05) is 12.1 Å². The Balaban J connectivity index is 2.06. The molecule has 0 saturated carbocycles. The van der Waals surface area contributed by atoms with E-state index in [1.807, 2.05) is 27.7 Å². The van der Waals surface area contributed by atoms with Crippen LogP contribution in [0.15, 0.2) is 33.6 Å². The van der Waals surface area contributed by atoms with Crippen LogP contribution in [0.1, 0.15) is 27.7 Å². The molecule has 0 aromatic heterocycles. The normalized spacial score (nSPS) is 20.7. The fourth-order valence-electron chi connectivity index (χ4n) is 1.97. The molecule has 1 aromatic rings. The van der Waals surface area contributed by atoms with Crippen molar-refractivity contribution in [3.63, 3.8) is 0 Å². The van der Waals surface area contributed by atoms with Crippen LogP contribution in [0.25, 0.3) is 0 Å². The predicted molar refractivity (Wildman–Crippen MR) is 85.4 cm³/mol. The zero-order valence-electron chi connectivity index (χ0n) is 12.5. The van der Waals surface area contributed by atoms with E-state index in [2.05, 4.69) is 20.7 Å². The van der Waals surface area contributed by atoms with Crippen molar-refractivity contribution < 1.29 is 17.7 Å². The molecule has 21 heavy (non-hydrogen) atoms. The van der Waals surface area contributed by atoms with Crippen molar-refractivity contribution in [1.82, 2.24) is 4.72 Å². The summed E-state index contributed by atoms with van der Waals surface area (Å²) in [7, 11) is -4.21. The Morgan fingerprint density at radius 3 is 2.19 bits per heavy atom. The SMILES string of the molecule is CC1(C)OB(CNS(=O)(=O)c2ccccc2Br)OC1(C)C. The number of rotatable bonds is 4. The molecule has 1 N–H and O–H groups in total. The first-order chi connectivity index (χ1) is 9.55. The Hall–Kier alpha value is -0.405. The third-order valence-electron chi connectivity index (χ3n) is 3.87. The topological polar surface area (TPSA) is 64.6 Å². The largest absolute Gasteiger partial charge is 0.473 e. The molecule has 0 amide bonds. The van der Waals surface area contributed by atoms with Crippen molar-refractivity contribution >= 4 is 33.1 Å². The van der Waals surface area contributed by atoms with Crippen molar-refractivity contribution in [3.8, 4) is 0 Å². The van der Waals surface area contributed by atoms with Gasteiger partial charge in [0, 0.05) is 10.9 Å². The number of halogens is 1. The highest BCUT2D eigenvalue weighted by Crippen LogP contribution is 2.36. The summed E-state index contributed by atoms with van der Waals surface area (Å²) in [6.07, 6.45) is 0.0660. The van der Waals surface area contributed by atoms with E-state index < -0.39 is 28.3 Å². The highest BCUT2D eigenvalue weighted by Gasteiger charge is 2.51. The first-order valence-electron chi connectivity index (χ1n) is 6.65. The highest BCUT2D eigenvalue weighted by molar-refractivity contribution is 9.10. The maximum absolute atomic E-state index is 12.3. The summed E-state index contributed by atoms with van der Waals surface area (Å²) in [5.41, 5.74) is -0.952. The van der Waals surface area contributed by atoms with Crippen LogP contribution in [0.4, 0.5) is 0 Å². The molecule has 1 fully saturated rings. The molecule has 0 atom stereocenters. The Bertz CT molecular complexity index is 617. The monoisotopic (exact) mass is 375 g/mol. The number of hydrogen-bond donors (Lipinski definition) is 1. The van der Waals surface area contributed by atoms with Crippen molar-refractivity contribution in [2.45, 2.75) is 43.8 Å². The summed E-state index contributed by atoms with van der Waals surface area (Å²) in [5.74, 6) is 0. The second-order valence-electron chi connectivity index (χ2n) is 5.97. The molecule has 116 valence electrons. The van der Waals surface area contributed by atoms with Crippen molar-refractivity contribution in [3.05, 3.63) is 28.7 Å². The molecule has 8 heteroatoms. The van der Waals surface area contributed by atoms with Gasteiger partial charge in [-0.05, 0) is 55.8 Å². The van der Waals surface area contributed by atoms with Crippen LogP contribution in [-0.2, 0) is 19.3 Å². The Kier molecular flexibility index (Phi) is 4.57. The lowest BCUT2D eigenvalue weighted by Crippen LogP contribution is -2.41. The van der Waals surface area contributed by atoms with E-state index >= 15 is 0 Å². The first-order valence-corrected chi connectivity index (χ1v) is 8.93. The minimum Gasteiger partial charge on any atom is -0.402 e. The summed E-state index contributed by atoms with van der Waals surface area (Å²) in [6, 6.07) is 6.66. The standard InChI is InChI=1S/C13H19BBrNO4S/c1-12(2)13(3,4)20-14(19-12)9-16-21(17,18)11-8-6-5-7-10(11)15/h5-8,16H,9H2,1-4H3. The minimum atomic E-state index is -3.61. The van der Waals surface area contributed by atoms with Crippen LogP contribution in [-0.4, -0.2) is 33.2 Å². The minimum absolute atomic E-state index is 0.0660. The molecule has 1 heterocycles. The Labute approximate surface area is 134 Å². The molecule has 0 bridgehead atoms. The smallest absolute Gasteiger partial charge is 0.402 e. The Morgan fingerprint density at radius 2 is 1.67 bits per heavy atom. The lowest BCUT2D eigenvalue weighted by Gasteiger charge is -2.32. The van der Waals surface area contributed by atoms with Gasteiger partial charge in [-0.25, -0.2) is 13.1 Å². The van der Waals surface area contributed by atoms with E-state index in [-0.39, 0.29) is 11.3 Å². The molecule has 1 aromatic carbocycles. The van der Waals surface area contributed by atoms with Gasteiger partial charge in [0.25, 0.3) is 0 Å². The number of benzene rings is 1. The van der Waals surface area contributed by atoms with E-state index in [0.717, 1.165) is 0 Å². The average Bonchev–Trinajstić information content (AvgIpc) is 2.56. The molecule has 1 saturated heterocycles. The first kappa shape index (κ1) is 17.0. The molecule has 0 spiro atoms. The molecule has 2 rings (SSSR count). The van der Waals surface area contributed by atoms with Gasteiger partial charge in [0.15, 0.2) is 0 Å². The van der Waals surface area contributed by atoms with E-state index in [1.165, 1.54) is 6.07 Å². The lowest BCUT2D eigenvalue weighted by molar-refractivity contribution is 0.00578. The number of hydrogen-bond acceptors (Lipinski definition) is 4. The second-order valence-corrected chi connectivity index (χ2v) is 8.56. The highest BCUT2D eigenvalue weighted by atomic mass is 79.9. The van der Waals surface area contributed by atoms with Crippen LogP contribution >= 0.6 is 15.9 Å². The van der Waals surface area contributed by atoms with E-state index in [1.54, 1.807) is 18.2 Å². The van der Waals surface area contributed by atoms with E-state index in [4.69, 9.17) is 9.31 Å². The second kappa shape index (κ2) is 5.66. The maximum atomic E-state index is 12.3. The van der Waals surface area contributed by atoms with Gasteiger partial charge in [0.05, 0.1) is 16.1 Å². The van der Waals surface area contributed by atoms with Gasteiger partial charge in [0.2, 0.25) is 10.0 Å². The quantitative estimate of drug-likeness (QED) is 0.820. The zero-order chi connectivity index (χ0) is 15.9. The molecule has 0 unspecified atom stereocenters. The van der Waals surface area contributed by atoms with Gasteiger partial charge in [-0.3, -0.25) is 0 Å². The maximum Gasteiger partial charge on any atom is 0.473 e. The molecule has 0 aliphatic carbocycles. The molecular weight excluding hydrogens is 357 g/mol. The lowest BCUT2D eigenvalue weighted by atomic mass is 9.90. The fourth-order valence-corrected chi connectivity index (χ4v) is 3.98. The van der Waals surface area contributed by atoms with Crippen LogP contribution in [0.2, 0.25) is 0 Å². The zero-order valence-corrected chi connectivity index (χ0v) is 14.9. The Morgan fingerprint density at radius 1 is 1.14 bits per heavy atom. The average molecular weight is 376 g/mol. The van der Waals surface area contributed by atoms with Crippen molar-refractivity contribution in [2.75, 3.05) is 6.44 Å². The predicted octanol–water partition coefficient (Wildman–Crippen LogP) is 2.36. The van der Waals surface area contributed by atoms with Crippen LogP contribution < -0.4 is 4.72 Å². The number of sulfonamides is 1. The van der Waals surface area contributed by atoms with Gasteiger partial charge in [0.1, 0.15) is 0 Å². The molecule has 0 radical (unpaired) electrons. The van der Waals surface area contributed by atoms with Gasteiger partial charge in [-0.2, -0.15) is 0 Å². The van der Waals surface area contributed by atoms with Gasteiger partial charge >= 0.3 is 7.12 Å². The summed E-state index contributed by atoms with van der Waals surface area (Å²) >= 11 is 3.24. The van der Waals surface area contributed by atoms with Crippen LogP contribution in [0.3, 0.4) is 0 Å². The third-order valence-corrected chi connectivity index (χ3v) is 6.30. The molecular formula is C13H19BBrNO4S. The van der Waals surface area contributed by atoms with Gasteiger partial charge < -0.3 is 9.31 Å². The summed E-state index contributed by atoms with van der Waals surface area (Å²) < 4.78 is 39.1. The van der Waals surface area contributed by atoms with E-state index in [9.17, 15) is 8.42 Å². The van der Waals surface area contributed by atoms with Crippen molar-refractivity contribution in [2.24, 2.45) is 0 Å². The summed E-state index contributed by atoms with van der Waals surface area (Å²) in [4.78, 5) is 0.196. The third kappa shape index (κ3) is 3.51. The molecule has 5 nitrogen and oxygen atoms in total.